The van der Waals surface area contributed by atoms with Crippen LogP contribution in [0.15, 0.2) is 72.6 Å². The standard InChI is InChI=1S/C25H20N2O5/c1-15-4-6-17(7-5-15)23(28)21-22(18-8-9-19-20(11-18)32-14-31-19)27(25(30)24(21)29)13-16-3-2-10-26-12-16/h2-12,22,28H,13-14H2,1H3/b23-21+. The molecule has 0 bridgehead atoms. The molecule has 1 saturated heterocycles. The van der Waals surface area contributed by atoms with E-state index in [1.807, 2.05) is 25.1 Å². The van der Waals surface area contributed by atoms with Crippen molar-refractivity contribution in [1.82, 2.24) is 9.88 Å². The van der Waals surface area contributed by atoms with Crippen molar-refractivity contribution < 1.29 is 24.2 Å². The summed E-state index contributed by atoms with van der Waals surface area (Å²) in [4.78, 5) is 31.8. The van der Waals surface area contributed by atoms with Crippen molar-refractivity contribution in [2.75, 3.05) is 6.79 Å². The topological polar surface area (TPSA) is 89.0 Å². The third-order valence-electron chi connectivity index (χ3n) is 5.65. The van der Waals surface area contributed by atoms with E-state index >= 15 is 0 Å². The number of carbonyl (C=O) groups is 2. The van der Waals surface area contributed by atoms with E-state index < -0.39 is 17.7 Å². The summed E-state index contributed by atoms with van der Waals surface area (Å²) in [5.74, 6) is -0.485. The third kappa shape index (κ3) is 3.37. The van der Waals surface area contributed by atoms with Crippen molar-refractivity contribution in [2.24, 2.45) is 0 Å². The van der Waals surface area contributed by atoms with Gasteiger partial charge in [0.25, 0.3) is 11.7 Å². The second-order valence-electron chi connectivity index (χ2n) is 7.77. The molecule has 3 aromatic rings. The zero-order valence-corrected chi connectivity index (χ0v) is 17.3. The lowest BCUT2D eigenvalue weighted by atomic mass is 9.94. The maximum Gasteiger partial charge on any atom is 0.295 e. The molecular weight excluding hydrogens is 408 g/mol. The third-order valence-corrected chi connectivity index (χ3v) is 5.65. The number of benzene rings is 2. The van der Waals surface area contributed by atoms with E-state index in [-0.39, 0.29) is 24.7 Å². The molecule has 1 N–H and O–H groups in total. The molecule has 2 aliphatic heterocycles. The Morgan fingerprint density at radius 2 is 1.88 bits per heavy atom. The van der Waals surface area contributed by atoms with Crippen molar-refractivity contribution in [1.29, 1.82) is 0 Å². The number of likely N-dealkylation sites (tertiary alicyclic amines) is 1. The molecule has 1 unspecified atom stereocenters. The van der Waals surface area contributed by atoms with Crippen molar-refractivity contribution in [3.8, 4) is 11.5 Å². The fourth-order valence-electron chi connectivity index (χ4n) is 4.03. The summed E-state index contributed by atoms with van der Waals surface area (Å²) >= 11 is 0. The fraction of sp³-hybridized carbons (Fsp3) is 0.160. The van der Waals surface area contributed by atoms with Crippen LogP contribution in [-0.2, 0) is 16.1 Å². The first-order valence-electron chi connectivity index (χ1n) is 10.2. The van der Waals surface area contributed by atoms with Gasteiger partial charge in [0.05, 0.1) is 11.6 Å². The largest absolute Gasteiger partial charge is 0.507 e. The first-order chi connectivity index (χ1) is 15.5. The lowest BCUT2D eigenvalue weighted by Gasteiger charge is -2.25. The predicted octanol–water partition coefficient (Wildman–Crippen LogP) is 3.74. The van der Waals surface area contributed by atoms with E-state index in [1.54, 1.807) is 48.8 Å². The van der Waals surface area contributed by atoms with Crippen LogP contribution >= 0.6 is 0 Å². The van der Waals surface area contributed by atoms with E-state index in [2.05, 4.69) is 4.98 Å². The number of nitrogens with zero attached hydrogens (tertiary/aromatic N) is 2. The van der Waals surface area contributed by atoms with Crippen LogP contribution in [0.4, 0.5) is 0 Å². The van der Waals surface area contributed by atoms with Crippen LogP contribution in [0.3, 0.4) is 0 Å². The van der Waals surface area contributed by atoms with Crippen molar-refractivity contribution >= 4 is 17.4 Å². The van der Waals surface area contributed by atoms with Crippen LogP contribution in [-0.4, -0.2) is 33.5 Å². The maximum atomic E-state index is 13.1. The number of fused-ring (bicyclic) bond motifs is 1. The number of ketones is 1. The summed E-state index contributed by atoms with van der Waals surface area (Å²) in [7, 11) is 0. The minimum Gasteiger partial charge on any atom is -0.507 e. The number of aliphatic hydroxyl groups is 1. The number of aryl methyl sites for hydroxylation is 1. The summed E-state index contributed by atoms with van der Waals surface area (Å²) < 4.78 is 10.9. The van der Waals surface area contributed by atoms with Gasteiger partial charge >= 0.3 is 0 Å². The fourth-order valence-corrected chi connectivity index (χ4v) is 4.03. The molecule has 0 radical (unpaired) electrons. The molecule has 1 atom stereocenters. The van der Waals surface area contributed by atoms with Crippen molar-refractivity contribution in [3.05, 3.63) is 94.8 Å². The van der Waals surface area contributed by atoms with E-state index in [4.69, 9.17) is 9.47 Å². The van der Waals surface area contributed by atoms with Gasteiger partial charge < -0.3 is 19.5 Å². The number of amides is 1. The molecule has 1 amide bonds. The van der Waals surface area contributed by atoms with Crippen molar-refractivity contribution in [2.45, 2.75) is 19.5 Å². The summed E-state index contributed by atoms with van der Waals surface area (Å²) in [6.07, 6.45) is 3.29. The number of Topliss-reactive ketones (excluding diaryl/α,β-unsaturated/α-hetero) is 1. The molecule has 0 spiro atoms. The highest BCUT2D eigenvalue weighted by Gasteiger charge is 2.46. The van der Waals surface area contributed by atoms with Gasteiger partial charge in [-0.2, -0.15) is 0 Å². The Balaban J connectivity index is 1.65. The predicted molar refractivity (Wildman–Crippen MR) is 116 cm³/mol. The lowest BCUT2D eigenvalue weighted by molar-refractivity contribution is -0.140. The summed E-state index contributed by atoms with van der Waals surface area (Å²) in [6.45, 7) is 2.21. The van der Waals surface area contributed by atoms with Gasteiger partial charge in [0.2, 0.25) is 6.79 Å². The number of ether oxygens (including phenoxy) is 2. The molecule has 3 heterocycles. The number of pyridine rings is 1. The second kappa shape index (κ2) is 7.85. The number of aliphatic hydroxyl groups excluding tert-OH is 1. The summed E-state index contributed by atoms with van der Waals surface area (Å²) in [5.41, 5.74) is 2.95. The summed E-state index contributed by atoms with van der Waals surface area (Å²) in [5, 5.41) is 11.1. The van der Waals surface area contributed by atoms with Gasteiger partial charge in [-0.3, -0.25) is 14.6 Å². The Morgan fingerprint density at radius 1 is 1.09 bits per heavy atom. The van der Waals surface area contributed by atoms with E-state index in [1.165, 1.54) is 4.90 Å². The average molecular weight is 428 g/mol. The van der Waals surface area contributed by atoms with Crippen LogP contribution in [0.25, 0.3) is 5.76 Å². The quantitative estimate of drug-likeness (QED) is 0.387. The molecule has 2 aliphatic rings. The van der Waals surface area contributed by atoms with Crippen LogP contribution in [0.1, 0.15) is 28.3 Å². The Morgan fingerprint density at radius 3 is 2.62 bits per heavy atom. The molecule has 1 aromatic heterocycles. The minimum atomic E-state index is -0.786. The molecule has 1 fully saturated rings. The molecule has 2 aromatic carbocycles. The number of hydrogen-bond donors (Lipinski definition) is 1. The highest BCUT2D eigenvalue weighted by atomic mass is 16.7. The van der Waals surface area contributed by atoms with Gasteiger partial charge in [0.15, 0.2) is 11.5 Å². The number of carbonyl (C=O) groups excluding carboxylic acids is 2. The SMILES string of the molecule is Cc1ccc(/C(O)=C2\C(=O)C(=O)N(Cc3cccnc3)C2c2ccc3c(c2)OCO3)cc1. The van der Waals surface area contributed by atoms with Gasteiger partial charge in [-0.15, -0.1) is 0 Å². The van der Waals surface area contributed by atoms with Gasteiger partial charge in [-0.05, 0) is 36.2 Å². The Bertz CT molecular complexity index is 1230. The lowest BCUT2D eigenvalue weighted by Crippen LogP contribution is -2.29. The van der Waals surface area contributed by atoms with Crippen molar-refractivity contribution in [3.63, 3.8) is 0 Å². The maximum absolute atomic E-state index is 13.1. The zero-order valence-electron chi connectivity index (χ0n) is 17.3. The van der Waals surface area contributed by atoms with Gasteiger partial charge in [-0.1, -0.05) is 42.0 Å². The normalized spacial score (nSPS) is 18.9. The van der Waals surface area contributed by atoms with Crippen LogP contribution in [0.5, 0.6) is 11.5 Å². The highest BCUT2D eigenvalue weighted by Crippen LogP contribution is 2.43. The first-order valence-corrected chi connectivity index (χ1v) is 10.2. The monoisotopic (exact) mass is 428 g/mol. The van der Waals surface area contributed by atoms with Crippen LogP contribution in [0, 0.1) is 6.92 Å². The van der Waals surface area contributed by atoms with E-state index in [9.17, 15) is 14.7 Å². The van der Waals surface area contributed by atoms with Gasteiger partial charge in [0.1, 0.15) is 5.76 Å². The average Bonchev–Trinajstić information content (AvgIpc) is 3.37. The van der Waals surface area contributed by atoms with Gasteiger partial charge in [-0.25, -0.2) is 0 Å². The number of hydrogen-bond acceptors (Lipinski definition) is 6. The Kier molecular flexibility index (Phi) is 4.86. The minimum absolute atomic E-state index is 0.0432. The smallest absolute Gasteiger partial charge is 0.295 e. The Hall–Kier alpha value is -4.13. The molecule has 0 saturated carbocycles. The number of aromatic nitrogens is 1. The molecule has 160 valence electrons. The van der Waals surface area contributed by atoms with Gasteiger partial charge in [0, 0.05) is 24.5 Å². The Labute approximate surface area is 184 Å². The van der Waals surface area contributed by atoms with E-state index in [0.717, 1.165) is 11.1 Å². The highest BCUT2D eigenvalue weighted by molar-refractivity contribution is 6.46. The number of rotatable bonds is 4. The second-order valence-corrected chi connectivity index (χ2v) is 7.77. The molecule has 7 nitrogen and oxygen atoms in total. The molecule has 32 heavy (non-hydrogen) atoms. The zero-order chi connectivity index (χ0) is 22.2. The molecular formula is C25H20N2O5. The molecule has 0 aliphatic carbocycles. The molecule has 5 rings (SSSR count). The van der Waals surface area contributed by atoms with Crippen LogP contribution in [0.2, 0.25) is 0 Å². The molecule has 7 heteroatoms. The van der Waals surface area contributed by atoms with Crippen LogP contribution < -0.4 is 9.47 Å². The first kappa shape index (κ1) is 19.8. The summed E-state index contributed by atoms with van der Waals surface area (Å²) in [6, 6.07) is 15.2. The van der Waals surface area contributed by atoms with E-state index in [0.29, 0.717) is 22.6 Å².